The summed E-state index contributed by atoms with van der Waals surface area (Å²) in [7, 11) is 0. The topological polar surface area (TPSA) is 104 Å². The Hall–Kier alpha value is -1.14. The van der Waals surface area contributed by atoms with Crippen molar-refractivity contribution in [3.05, 3.63) is 0 Å². The van der Waals surface area contributed by atoms with Crippen LogP contribution in [0.1, 0.15) is 19.8 Å². The predicted molar refractivity (Wildman–Crippen MR) is 53.9 cm³/mol. The SMILES string of the molecule is CC(NCC1(CO)CC1)C(=O)NC(N)=O. The van der Waals surface area contributed by atoms with Crippen molar-refractivity contribution in [3.63, 3.8) is 0 Å². The van der Waals surface area contributed by atoms with Crippen LogP contribution < -0.4 is 16.4 Å². The van der Waals surface area contributed by atoms with Gasteiger partial charge in [0.15, 0.2) is 0 Å². The second-order valence-electron chi connectivity index (χ2n) is 4.11. The average molecular weight is 215 g/mol. The molecule has 0 radical (unpaired) electrons. The van der Waals surface area contributed by atoms with Gasteiger partial charge in [0, 0.05) is 18.6 Å². The molecule has 3 amide bonds. The second-order valence-corrected chi connectivity index (χ2v) is 4.11. The molecule has 1 aliphatic carbocycles. The highest BCUT2D eigenvalue weighted by Crippen LogP contribution is 2.44. The van der Waals surface area contributed by atoms with Gasteiger partial charge in [0.2, 0.25) is 5.91 Å². The summed E-state index contributed by atoms with van der Waals surface area (Å²) in [5, 5.41) is 14.0. The number of imide groups is 1. The lowest BCUT2D eigenvalue weighted by Crippen LogP contribution is -2.48. The number of aliphatic hydroxyl groups excluding tert-OH is 1. The van der Waals surface area contributed by atoms with Gasteiger partial charge in [-0.2, -0.15) is 0 Å². The molecular formula is C9H17N3O3. The monoisotopic (exact) mass is 215 g/mol. The number of nitrogens with one attached hydrogen (secondary N) is 2. The van der Waals surface area contributed by atoms with E-state index < -0.39 is 18.0 Å². The maximum Gasteiger partial charge on any atom is 0.318 e. The summed E-state index contributed by atoms with van der Waals surface area (Å²) in [5.74, 6) is -0.448. The Morgan fingerprint density at radius 2 is 2.13 bits per heavy atom. The van der Waals surface area contributed by atoms with Gasteiger partial charge in [-0.1, -0.05) is 0 Å². The van der Waals surface area contributed by atoms with Crippen molar-refractivity contribution in [3.8, 4) is 0 Å². The van der Waals surface area contributed by atoms with Gasteiger partial charge >= 0.3 is 6.03 Å². The van der Waals surface area contributed by atoms with Crippen molar-refractivity contribution in [2.45, 2.75) is 25.8 Å². The molecular weight excluding hydrogens is 198 g/mol. The fourth-order valence-electron chi connectivity index (χ4n) is 1.26. The molecule has 0 saturated heterocycles. The molecule has 0 spiro atoms. The minimum atomic E-state index is -0.850. The summed E-state index contributed by atoms with van der Waals surface area (Å²) in [4.78, 5) is 21.6. The quantitative estimate of drug-likeness (QED) is 0.469. The second kappa shape index (κ2) is 4.59. The van der Waals surface area contributed by atoms with Gasteiger partial charge in [0.1, 0.15) is 0 Å². The van der Waals surface area contributed by atoms with Crippen LogP contribution in [-0.2, 0) is 4.79 Å². The van der Waals surface area contributed by atoms with Crippen molar-refractivity contribution in [2.24, 2.45) is 11.1 Å². The molecule has 0 aromatic heterocycles. The maximum atomic E-state index is 11.2. The number of hydrogen-bond donors (Lipinski definition) is 4. The van der Waals surface area contributed by atoms with Crippen LogP contribution in [0.15, 0.2) is 0 Å². The van der Waals surface area contributed by atoms with E-state index in [0.29, 0.717) is 6.54 Å². The molecule has 0 aromatic carbocycles. The van der Waals surface area contributed by atoms with Crippen LogP contribution in [0.25, 0.3) is 0 Å². The Morgan fingerprint density at radius 3 is 2.53 bits per heavy atom. The Kier molecular flexibility index (Phi) is 3.65. The molecule has 1 aliphatic rings. The van der Waals surface area contributed by atoms with Crippen LogP contribution in [-0.4, -0.2) is 36.2 Å². The van der Waals surface area contributed by atoms with E-state index in [-0.39, 0.29) is 12.0 Å². The minimum absolute atomic E-state index is 0.0543. The number of hydrogen-bond acceptors (Lipinski definition) is 4. The van der Waals surface area contributed by atoms with E-state index in [2.05, 4.69) is 5.32 Å². The number of aliphatic hydroxyl groups is 1. The molecule has 0 aliphatic heterocycles. The lowest BCUT2D eigenvalue weighted by atomic mass is 10.1. The molecule has 15 heavy (non-hydrogen) atoms. The zero-order valence-electron chi connectivity index (χ0n) is 8.75. The molecule has 0 heterocycles. The van der Waals surface area contributed by atoms with Gasteiger partial charge in [0.25, 0.3) is 0 Å². The first-order valence-electron chi connectivity index (χ1n) is 4.94. The van der Waals surface area contributed by atoms with E-state index in [1.165, 1.54) is 0 Å². The van der Waals surface area contributed by atoms with Gasteiger partial charge in [-0.25, -0.2) is 4.79 Å². The van der Waals surface area contributed by atoms with Gasteiger partial charge in [0.05, 0.1) is 6.04 Å². The molecule has 1 saturated carbocycles. The Bertz CT molecular complexity index is 263. The van der Waals surface area contributed by atoms with Gasteiger partial charge in [-0.05, 0) is 19.8 Å². The Labute approximate surface area is 88.2 Å². The standard InChI is InChI=1S/C9H17N3O3/c1-6(7(14)12-8(10)15)11-4-9(5-13)2-3-9/h6,11,13H,2-5H2,1H3,(H3,10,12,14,15). The summed E-state index contributed by atoms with van der Waals surface area (Å²) < 4.78 is 0. The first kappa shape index (κ1) is 11.9. The molecule has 0 bridgehead atoms. The Morgan fingerprint density at radius 1 is 1.53 bits per heavy atom. The lowest BCUT2D eigenvalue weighted by molar-refractivity contribution is -0.121. The van der Waals surface area contributed by atoms with Crippen LogP contribution in [0.2, 0.25) is 0 Å². The molecule has 6 nitrogen and oxygen atoms in total. The van der Waals surface area contributed by atoms with E-state index >= 15 is 0 Å². The van der Waals surface area contributed by atoms with E-state index in [1.807, 2.05) is 5.32 Å². The molecule has 0 aromatic rings. The molecule has 1 atom stereocenters. The minimum Gasteiger partial charge on any atom is -0.396 e. The summed E-state index contributed by atoms with van der Waals surface area (Å²) >= 11 is 0. The van der Waals surface area contributed by atoms with Crippen molar-refractivity contribution < 1.29 is 14.7 Å². The fourth-order valence-corrected chi connectivity index (χ4v) is 1.26. The zero-order chi connectivity index (χ0) is 11.5. The molecule has 5 N–H and O–H groups in total. The summed E-state index contributed by atoms with van der Waals surface area (Å²) in [6, 6.07) is -1.33. The van der Waals surface area contributed by atoms with E-state index in [9.17, 15) is 9.59 Å². The van der Waals surface area contributed by atoms with Crippen molar-refractivity contribution >= 4 is 11.9 Å². The average Bonchev–Trinajstić information content (AvgIpc) is 2.94. The molecule has 1 unspecified atom stereocenters. The highest BCUT2D eigenvalue weighted by Gasteiger charge is 2.42. The van der Waals surface area contributed by atoms with Gasteiger partial charge < -0.3 is 16.2 Å². The first-order chi connectivity index (χ1) is 6.99. The Balaban J connectivity index is 2.26. The number of rotatable bonds is 5. The van der Waals surface area contributed by atoms with E-state index in [1.54, 1.807) is 6.92 Å². The van der Waals surface area contributed by atoms with Crippen LogP contribution in [0.4, 0.5) is 4.79 Å². The summed E-state index contributed by atoms with van der Waals surface area (Å²) in [5.41, 5.74) is 4.76. The molecule has 1 fully saturated rings. The zero-order valence-corrected chi connectivity index (χ0v) is 8.75. The largest absolute Gasteiger partial charge is 0.396 e. The number of urea groups is 1. The van der Waals surface area contributed by atoms with Crippen molar-refractivity contribution in [2.75, 3.05) is 13.2 Å². The summed E-state index contributed by atoms with van der Waals surface area (Å²) in [6.45, 7) is 2.35. The smallest absolute Gasteiger partial charge is 0.318 e. The van der Waals surface area contributed by atoms with E-state index in [0.717, 1.165) is 12.8 Å². The predicted octanol–water partition coefficient (Wildman–Crippen LogP) is -1.07. The van der Waals surface area contributed by atoms with Crippen LogP contribution in [0, 0.1) is 5.41 Å². The number of nitrogens with two attached hydrogens (primary N) is 1. The first-order valence-corrected chi connectivity index (χ1v) is 4.94. The molecule has 6 heteroatoms. The number of carbonyl (C=O) groups excluding carboxylic acids is 2. The fraction of sp³-hybridized carbons (Fsp3) is 0.778. The third-order valence-corrected chi connectivity index (χ3v) is 2.72. The molecule has 86 valence electrons. The van der Waals surface area contributed by atoms with Crippen molar-refractivity contribution in [1.29, 1.82) is 0 Å². The normalized spacial score (nSPS) is 19.3. The molecule has 1 rings (SSSR count). The number of amides is 3. The lowest BCUT2D eigenvalue weighted by Gasteiger charge is -2.17. The summed E-state index contributed by atoms with van der Waals surface area (Å²) in [6.07, 6.45) is 1.95. The number of primary amides is 1. The van der Waals surface area contributed by atoms with Gasteiger partial charge in [-0.3, -0.25) is 10.1 Å². The van der Waals surface area contributed by atoms with Crippen LogP contribution >= 0.6 is 0 Å². The third-order valence-electron chi connectivity index (χ3n) is 2.72. The van der Waals surface area contributed by atoms with Crippen molar-refractivity contribution in [1.82, 2.24) is 10.6 Å². The highest BCUT2D eigenvalue weighted by atomic mass is 16.3. The van der Waals surface area contributed by atoms with Gasteiger partial charge in [-0.15, -0.1) is 0 Å². The highest BCUT2D eigenvalue weighted by molar-refractivity contribution is 5.96. The van der Waals surface area contributed by atoms with E-state index in [4.69, 9.17) is 10.8 Å². The van der Waals surface area contributed by atoms with Crippen LogP contribution in [0.3, 0.4) is 0 Å². The third kappa shape index (κ3) is 3.49. The van der Waals surface area contributed by atoms with Crippen LogP contribution in [0.5, 0.6) is 0 Å². The maximum absolute atomic E-state index is 11.2. The number of carbonyl (C=O) groups is 2.